The normalized spacial score (nSPS) is 12.6. The van der Waals surface area contributed by atoms with E-state index < -0.39 is 5.97 Å². The fraction of sp³-hybridized carbons (Fsp3) is 0.375. The van der Waals surface area contributed by atoms with Gasteiger partial charge in [-0.25, -0.2) is 4.98 Å². The van der Waals surface area contributed by atoms with Crippen molar-refractivity contribution in [1.29, 1.82) is 0 Å². The minimum absolute atomic E-state index is 0.157. The Labute approximate surface area is 129 Å². The second kappa shape index (κ2) is 6.83. The van der Waals surface area contributed by atoms with Crippen molar-refractivity contribution in [2.75, 3.05) is 13.6 Å². The van der Waals surface area contributed by atoms with Crippen LogP contribution in [0.4, 0.5) is 0 Å². The van der Waals surface area contributed by atoms with Gasteiger partial charge in [0, 0.05) is 23.0 Å². The van der Waals surface area contributed by atoms with Gasteiger partial charge in [-0.2, -0.15) is 0 Å². The lowest BCUT2D eigenvalue weighted by molar-refractivity contribution is -0.137. The van der Waals surface area contributed by atoms with Crippen molar-refractivity contribution < 1.29 is 9.90 Å². The molecule has 112 valence electrons. The number of carboxylic acids is 1. The van der Waals surface area contributed by atoms with E-state index in [9.17, 15) is 4.79 Å². The van der Waals surface area contributed by atoms with Crippen LogP contribution < -0.4 is 0 Å². The fourth-order valence-corrected chi connectivity index (χ4v) is 3.35. The SMILES string of the molecule is Cc1nc(-c2ccccc2)sc1C(C)N(C)CCC(=O)O. The molecule has 0 amide bonds. The van der Waals surface area contributed by atoms with E-state index >= 15 is 0 Å². The molecule has 0 aliphatic heterocycles. The smallest absolute Gasteiger partial charge is 0.304 e. The maximum Gasteiger partial charge on any atom is 0.304 e. The topological polar surface area (TPSA) is 53.4 Å². The van der Waals surface area contributed by atoms with Crippen molar-refractivity contribution in [3.05, 3.63) is 40.9 Å². The summed E-state index contributed by atoms with van der Waals surface area (Å²) >= 11 is 1.68. The Bertz CT molecular complexity index is 610. The maximum absolute atomic E-state index is 10.7. The number of nitrogens with zero attached hydrogens (tertiary/aromatic N) is 2. The van der Waals surface area contributed by atoms with E-state index in [4.69, 9.17) is 5.11 Å². The first-order valence-electron chi connectivity index (χ1n) is 6.94. The van der Waals surface area contributed by atoms with Gasteiger partial charge in [-0.3, -0.25) is 9.69 Å². The van der Waals surface area contributed by atoms with Gasteiger partial charge in [-0.15, -0.1) is 11.3 Å². The quantitative estimate of drug-likeness (QED) is 0.886. The van der Waals surface area contributed by atoms with E-state index in [0.717, 1.165) is 16.3 Å². The monoisotopic (exact) mass is 304 g/mol. The second-order valence-electron chi connectivity index (χ2n) is 5.14. The van der Waals surface area contributed by atoms with E-state index in [2.05, 4.69) is 28.9 Å². The van der Waals surface area contributed by atoms with Crippen LogP contribution in [0.25, 0.3) is 10.6 Å². The molecular formula is C16H20N2O2S. The molecule has 0 spiro atoms. The number of hydrogen-bond donors (Lipinski definition) is 1. The Balaban J connectivity index is 2.17. The molecule has 21 heavy (non-hydrogen) atoms. The Morgan fingerprint density at radius 3 is 2.67 bits per heavy atom. The number of rotatable bonds is 6. The van der Waals surface area contributed by atoms with Gasteiger partial charge >= 0.3 is 5.97 Å². The summed E-state index contributed by atoms with van der Waals surface area (Å²) in [7, 11) is 1.95. The van der Waals surface area contributed by atoms with Crippen LogP contribution in [-0.2, 0) is 4.79 Å². The molecule has 1 N–H and O–H groups in total. The number of aromatic nitrogens is 1. The second-order valence-corrected chi connectivity index (χ2v) is 6.17. The van der Waals surface area contributed by atoms with E-state index in [1.54, 1.807) is 11.3 Å². The molecule has 0 saturated carbocycles. The van der Waals surface area contributed by atoms with Gasteiger partial charge in [-0.1, -0.05) is 30.3 Å². The molecule has 2 aromatic rings. The zero-order valence-electron chi connectivity index (χ0n) is 12.5. The van der Waals surface area contributed by atoms with Crippen LogP contribution in [0.1, 0.15) is 30.0 Å². The molecule has 0 aliphatic rings. The van der Waals surface area contributed by atoms with Crippen molar-refractivity contribution >= 4 is 17.3 Å². The molecule has 1 atom stereocenters. The number of aliphatic carboxylic acids is 1. The summed E-state index contributed by atoms with van der Waals surface area (Å²) in [5.74, 6) is -0.764. The fourth-order valence-electron chi connectivity index (χ4n) is 2.17. The van der Waals surface area contributed by atoms with Crippen molar-refractivity contribution in [1.82, 2.24) is 9.88 Å². The number of benzene rings is 1. The summed E-state index contributed by atoms with van der Waals surface area (Å²) in [5.41, 5.74) is 2.14. The Kier molecular flexibility index (Phi) is 5.09. The first-order chi connectivity index (χ1) is 9.99. The van der Waals surface area contributed by atoms with Gasteiger partial charge in [0.1, 0.15) is 5.01 Å². The molecule has 1 heterocycles. The van der Waals surface area contributed by atoms with E-state index in [1.807, 2.05) is 32.2 Å². The van der Waals surface area contributed by atoms with Gasteiger partial charge in [0.2, 0.25) is 0 Å². The van der Waals surface area contributed by atoms with Crippen molar-refractivity contribution in [2.45, 2.75) is 26.3 Å². The molecule has 0 bridgehead atoms. The standard InChI is InChI=1S/C16H20N2O2S/c1-11-15(12(2)18(3)10-9-14(19)20)21-16(17-11)13-7-5-4-6-8-13/h4-8,12H,9-10H2,1-3H3,(H,19,20). The molecule has 1 unspecified atom stereocenters. The lowest BCUT2D eigenvalue weighted by Crippen LogP contribution is -2.25. The maximum atomic E-state index is 10.7. The zero-order valence-corrected chi connectivity index (χ0v) is 13.4. The molecule has 1 aromatic heterocycles. The Morgan fingerprint density at radius 2 is 2.05 bits per heavy atom. The number of carbonyl (C=O) groups is 1. The van der Waals surface area contributed by atoms with Gasteiger partial charge in [0.15, 0.2) is 0 Å². The molecule has 0 aliphatic carbocycles. The minimum atomic E-state index is -0.764. The van der Waals surface area contributed by atoms with Gasteiger partial charge < -0.3 is 5.11 Å². The lowest BCUT2D eigenvalue weighted by atomic mass is 10.2. The summed E-state index contributed by atoms with van der Waals surface area (Å²) < 4.78 is 0. The number of thiazole rings is 1. The molecule has 1 aromatic carbocycles. The third kappa shape index (κ3) is 3.89. The first-order valence-corrected chi connectivity index (χ1v) is 7.75. The molecule has 2 rings (SSSR count). The average Bonchev–Trinajstić information content (AvgIpc) is 2.86. The number of hydrogen-bond acceptors (Lipinski definition) is 4. The van der Waals surface area contributed by atoms with Crippen molar-refractivity contribution in [3.8, 4) is 10.6 Å². The third-order valence-corrected chi connectivity index (χ3v) is 4.95. The molecule has 4 nitrogen and oxygen atoms in total. The largest absolute Gasteiger partial charge is 0.481 e. The average molecular weight is 304 g/mol. The number of aryl methyl sites for hydroxylation is 1. The van der Waals surface area contributed by atoms with Gasteiger partial charge in [0.05, 0.1) is 12.1 Å². The van der Waals surface area contributed by atoms with Crippen LogP contribution in [-0.4, -0.2) is 34.6 Å². The van der Waals surface area contributed by atoms with Crippen LogP contribution in [0, 0.1) is 6.92 Å². The van der Waals surface area contributed by atoms with Crippen molar-refractivity contribution in [3.63, 3.8) is 0 Å². The minimum Gasteiger partial charge on any atom is -0.481 e. The summed E-state index contributed by atoms with van der Waals surface area (Å²) in [4.78, 5) is 18.6. The predicted molar refractivity (Wildman–Crippen MR) is 85.6 cm³/mol. The molecule has 0 radical (unpaired) electrons. The van der Waals surface area contributed by atoms with Crippen LogP contribution >= 0.6 is 11.3 Å². The Hall–Kier alpha value is -1.72. The van der Waals surface area contributed by atoms with Crippen molar-refractivity contribution in [2.24, 2.45) is 0 Å². The Morgan fingerprint density at radius 1 is 1.38 bits per heavy atom. The predicted octanol–water partition coefficient (Wildman–Crippen LogP) is 3.59. The third-order valence-electron chi connectivity index (χ3n) is 3.57. The lowest BCUT2D eigenvalue weighted by Gasteiger charge is -2.23. The van der Waals surface area contributed by atoms with E-state index in [0.29, 0.717) is 6.54 Å². The summed E-state index contributed by atoms with van der Waals surface area (Å²) in [6, 6.07) is 10.3. The zero-order chi connectivity index (χ0) is 15.4. The summed E-state index contributed by atoms with van der Waals surface area (Å²) in [6.07, 6.45) is 0.157. The highest BCUT2D eigenvalue weighted by Crippen LogP contribution is 2.33. The van der Waals surface area contributed by atoms with Gasteiger partial charge in [0.25, 0.3) is 0 Å². The molecule has 0 fully saturated rings. The summed E-state index contributed by atoms with van der Waals surface area (Å²) in [6.45, 7) is 4.64. The highest BCUT2D eigenvalue weighted by atomic mass is 32.1. The molecular weight excluding hydrogens is 284 g/mol. The van der Waals surface area contributed by atoms with Gasteiger partial charge in [-0.05, 0) is 20.9 Å². The summed E-state index contributed by atoms with van der Waals surface area (Å²) in [5, 5.41) is 9.80. The number of carboxylic acid groups (broad SMARTS) is 1. The van der Waals surface area contributed by atoms with E-state index in [-0.39, 0.29) is 12.5 Å². The molecule has 0 saturated heterocycles. The first kappa shape index (κ1) is 15.7. The highest BCUT2D eigenvalue weighted by Gasteiger charge is 2.19. The van der Waals surface area contributed by atoms with Crippen LogP contribution in [0.2, 0.25) is 0 Å². The highest BCUT2D eigenvalue weighted by molar-refractivity contribution is 7.15. The van der Waals surface area contributed by atoms with Crippen LogP contribution in [0.15, 0.2) is 30.3 Å². The molecule has 5 heteroatoms. The van der Waals surface area contributed by atoms with E-state index in [1.165, 1.54) is 4.88 Å². The van der Waals surface area contributed by atoms with Crippen LogP contribution in [0.5, 0.6) is 0 Å². The van der Waals surface area contributed by atoms with Crippen LogP contribution in [0.3, 0.4) is 0 Å².